The summed E-state index contributed by atoms with van der Waals surface area (Å²) in [7, 11) is 1.67. The highest BCUT2D eigenvalue weighted by Crippen LogP contribution is 2.24. The molecule has 2 aromatic rings. The van der Waals surface area contributed by atoms with Gasteiger partial charge in [-0.3, -0.25) is 0 Å². The van der Waals surface area contributed by atoms with Crippen molar-refractivity contribution in [2.75, 3.05) is 13.7 Å². The predicted octanol–water partition coefficient (Wildman–Crippen LogP) is 3.09. The highest BCUT2D eigenvalue weighted by atomic mass is 16.5. The summed E-state index contributed by atoms with van der Waals surface area (Å²) >= 11 is 0. The molecule has 0 saturated carbocycles. The SMILES string of the molecule is COc1ccc(C(=CCN)c2ccccc2)cc1. The van der Waals surface area contributed by atoms with Gasteiger partial charge >= 0.3 is 0 Å². The van der Waals surface area contributed by atoms with Gasteiger partial charge in [-0.2, -0.15) is 0 Å². The summed E-state index contributed by atoms with van der Waals surface area (Å²) in [6.07, 6.45) is 2.04. The van der Waals surface area contributed by atoms with Crippen molar-refractivity contribution in [3.8, 4) is 5.75 Å². The molecule has 0 radical (unpaired) electrons. The second-order valence-corrected chi connectivity index (χ2v) is 3.95. The number of ether oxygens (including phenoxy) is 1. The molecular weight excluding hydrogens is 222 g/mol. The zero-order chi connectivity index (χ0) is 12.8. The van der Waals surface area contributed by atoms with Gasteiger partial charge in [0.15, 0.2) is 0 Å². The minimum atomic E-state index is 0.524. The topological polar surface area (TPSA) is 35.2 Å². The lowest BCUT2D eigenvalue weighted by molar-refractivity contribution is 0.415. The van der Waals surface area contributed by atoms with Crippen molar-refractivity contribution in [1.82, 2.24) is 0 Å². The summed E-state index contributed by atoms with van der Waals surface area (Å²) in [6, 6.07) is 18.3. The van der Waals surface area contributed by atoms with E-state index in [2.05, 4.69) is 12.1 Å². The van der Waals surface area contributed by atoms with E-state index in [0.29, 0.717) is 6.54 Å². The molecule has 0 aliphatic rings. The summed E-state index contributed by atoms with van der Waals surface area (Å²) < 4.78 is 5.17. The van der Waals surface area contributed by atoms with Crippen molar-refractivity contribution >= 4 is 5.57 Å². The second-order valence-electron chi connectivity index (χ2n) is 3.95. The van der Waals surface area contributed by atoms with E-state index in [1.165, 1.54) is 5.56 Å². The van der Waals surface area contributed by atoms with Gasteiger partial charge < -0.3 is 10.5 Å². The molecule has 0 atom stereocenters. The van der Waals surface area contributed by atoms with Crippen molar-refractivity contribution in [3.63, 3.8) is 0 Å². The zero-order valence-corrected chi connectivity index (χ0v) is 10.5. The highest BCUT2D eigenvalue weighted by Gasteiger charge is 2.04. The van der Waals surface area contributed by atoms with Crippen molar-refractivity contribution in [3.05, 3.63) is 71.8 Å². The Hall–Kier alpha value is -2.06. The average molecular weight is 239 g/mol. The number of benzene rings is 2. The van der Waals surface area contributed by atoms with Crippen LogP contribution in [0.5, 0.6) is 5.75 Å². The predicted molar refractivity (Wildman–Crippen MR) is 75.6 cm³/mol. The van der Waals surface area contributed by atoms with E-state index in [9.17, 15) is 0 Å². The lowest BCUT2D eigenvalue weighted by Crippen LogP contribution is -1.97. The minimum Gasteiger partial charge on any atom is -0.497 e. The van der Waals surface area contributed by atoms with Gasteiger partial charge in [-0.15, -0.1) is 0 Å². The lowest BCUT2D eigenvalue weighted by Gasteiger charge is -2.09. The summed E-state index contributed by atoms with van der Waals surface area (Å²) in [4.78, 5) is 0. The molecule has 0 saturated heterocycles. The number of methoxy groups -OCH3 is 1. The smallest absolute Gasteiger partial charge is 0.118 e. The van der Waals surface area contributed by atoms with E-state index >= 15 is 0 Å². The Kier molecular flexibility index (Phi) is 4.15. The quantitative estimate of drug-likeness (QED) is 0.889. The molecule has 2 aromatic carbocycles. The van der Waals surface area contributed by atoms with Crippen LogP contribution in [-0.2, 0) is 0 Å². The Balaban J connectivity index is 2.39. The maximum atomic E-state index is 5.66. The maximum absolute atomic E-state index is 5.66. The van der Waals surface area contributed by atoms with Gasteiger partial charge in [-0.05, 0) is 28.8 Å². The molecular formula is C16H17NO. The van der Waals surface area contributed by atoms with Crippen LogP contribution in [0.25, 0.3) is 5.57 Å². The Morgan fingerprint density at radius 2 is 1.61 bits per heavy atom. The van der Waals surface area contributed by atoms with Gasteiger partial charge in [0.25, 0.3) is 0 Å². The molecule has 2 heteroatoms. The highest BCUT2D eigenvalue weighted by molar-refractivity contribution is 5.80. The van der Waals surface area contributed by atoms with Crippen LogP contribution in [0.1, 0.15) is 11.1 Å². The largest absolute Gasteiger partial charge is 0.497 e. The minimum absolute atomic E-state index is 0.524. The van der Waals surface area contributed by atoms with Gasteiger partial charge in [-0.25, -0.2) is 0 Å². The van der Waals surface area contributed by atoms with Crippen LogP contribution in [0, 0.1) is 0 Å². The van der Waals surface area contributed by atoms with Gasteiger partial charge in [0.05, 0.1) is 7.11 Å². The van der Waals surface area contributed by atoms with Crippen molar-refractivity contribution in [1.29, 1.82) is 0 Å². The molecule has 2 rings (SSSR count). The third-order valence-corrected chi connectivity index (χ3v) is 2.81. The molecule has 0 amide bonds. The number of nitrogens with two attached hydrogens (primary N) is 1. The Morgan fingerprint density at radius 3 is 2.17 bits per heavy atom. The molecule has 0 unspecified atom stereocenters. The molecule has 92 valence electrons. The first-order valence-corrected chi connectivity index (χ1v) is 5.95. The molecule has 0 aliphatic heterocycles. The Labute approximate surface area is 108 Å². The molecule has 0 aromatic heterocycles. The van der Waals surface area contributed by atoms with Crippen molar-refractivity contribution in [2.45, 2.75) is 0 Å². The molecule has 0 fully saturated rings. The normalized spacial score (nSPS) is 11.3. The summed E-state index contributed by atoms with van der Waals surface area (Å²) in [5.41, 5.74) is 9.13. The van der Waals surface area contributed by atoms with Crippen LogP contribution < -0.4 is 10.5 Å². The van der Waals surface area contributed by atoms with E-state index in [-0.39, 0.29) is 0 Å². The fourth-order valence-electron chi connectivity index (χ4n) is 1.91. The summed E-state index contributed by atoms with van der Waals surface area (Å²) in [5, 5.41) is 0. The molecule has 2 nitrogen and oxygen atoms in total. The molecule has 2 N–H and O–H groups in total. The van der Waals surface area contributed by atoms with E-state index in [4.69, 9.17) is 10.5 Å². The number of hydrogen-bond donors (Lipinski definition) is 1. The fourth-order valence-corrected chi connectivity index (χ4v) is 1.91. The van der Waals surface area contributed by atoms with Gasteiger partial charge in [-0.1, -0.05) is 48.5 Å². The van der Waals surface area contributed by atoms with Crippen LogP contribution in [0.3, 0.4) is 0 Å². The third kappa shape index (κ3) is 2.79. The number of hydrogen-bond acceptors (Lipinski definition) is 2. The maximum Gasteiger partial charge on any atom is 0.118 e. The first kappa shape index (κ1) is 12.4. The van der Waals surface area contributed by atoms with Crippen molar-refractivity contribution in [2.24, 2.45) is 5.73 Å². The zero-order valence-electron chi connectivity index (χ0n) is 10.5. The second kappa shape index (κ2) is 6.03. The fraction of sp³-hybridized carbons (Fsp3) is 0.125. The van der Waals surface area contributed by atoms with E-state index in [1.54, 1.807) is 7.11 Å². The van der Waals surface area contributed by atoms with E-state index < -0.39 is 0 Å². The van der Waals surface area contributed by atoms with E-state index in [1.807, 2.05) is 48.5 Å². The average Bonchev–Trinajstić information content (AvgIpc) is 2.46. The van der Waals surface area contributed by atoms with Crippen LogP contribution in [0.4, 0.5) is 0 Å². The Bertz CT molecular complexity index is 515. The first-order valence-electron chi connectivity index (χ1n) is 5.95. The first-order chi connectivity index (χ1) is 8.85. The Morgan fingerprint density at radius 1 is 1.00 bits per heavy atom. The molecule has 0 spiro atoms. The van der Waals surface area contributed by atoms with Crippen LogP contribution >= 0.6 is 0 Å². The summed E-state index contributed by atoms with van der Waals surface area (Å²) in [5.74, 6) is 0.860. The van der Waals surface area contributed by atoms with E-state index in [0.717, 1.165) is 16.9 Å². The van der Waals surface area contributed by atoms with Crippen molar-refractivity contribution < 1.29 is 4.74 Å². The van der Waals surface area contributed by atoms with Gasteiger partial charge in [0.2, 0.25) is 0 Å². The molecule has 0 bridgehead atoms. The van der Waals surface area contributed by atoms with Gasteiger partial charge in [0, 0.05) is 6.54 Å². The van der Waals surface area contributed by atoms with Crippen LogP contribution in [0.2, 0.25) is 0 Å². The lowest BCUT2D eigenvalue weighted by atomic mass is 9.97. The summed E-state index contributed by atoms with van der Waals surface area (Å²) in [6.45, 7) is 0.524. The molecule has 0 aliphatic carbocycles. The third-order valence-electron chi connectivity index (χ3n) is 2.81. The number of rotatable bonds is 4. The monoisotopic (exact) mass is 239 g/mol. The van der Waals surface area contributed by atoms with Crippen LogP contribution in [-0.4, -0.2) is 13.7 Å². The molecule has 18 heavy (non-hydrogen) atoms. The van der Waals surface area contributed by atoms with Crippen LogP contribution in [0.15, 0.2) is 60.7 Å². The van der Waals surface area contributed by atoms with Gasteiger partial charge in [0.1, 0.15) is 5.75 Å². The molecule has 0 heterocycles. The standard InChI is InChI=1S/C16H17NO/c1-18-15-9-7-14(8-10-15)16(11-12-17)13-5-3-2-4-6-13/h2-11H,12,17H2,1H3.